The molecule has 1 aliphatic rings. The number of piperidine rings is 1. The molecule has 1 heterocycles. The third kappa shape index (κ3) is 4.60. The fraction of sp³-hybridized carbons (Fsp3) is 0.625. The summed E-state index contributed by atoms with van der Waals surface area (Å²) >= 11 is 0. The minimum absolute atomic E-state index is 0.196. The van der Waals surface area contributed by atoms with Crippen molar-refractivity contribution in [2.24, 2.45) is 5.73 Å². The van der Waals surface area contributed by atoms with Gasteiger partial charge in [-0.15, -0.1) is 0 Å². The van der Waals surface area contributed by atoms with Crippen molar-refractivity contribution >= 4 is 0 Å². The molecule has 0 amide bonds. The maximum atomic E-state index is 6.18. The van der Waals surface area contributed by atoms with Gasteiger partial charge in [0.25, 0.3) is 0 Å². The van der Waals surface area contributed by atoms with Crippen LogP contribution < -0.4 is 5.73 Å². The van der Waals surface area contributed by atoms with Crippen LogP contribution >= 0.6 is 0 Å². The van der Waals surface area contributed by atoms with Crippen LogP contribution in [0, 0.1) is 0 Å². The van der Waals surface area contributed by atoms with Gasteiger partial charge in [0.2, 0.25) is 0 Å². The highest BCUT2D eigenvalue weighted by Crippen LogP contribution is 2.23. The highest BCUT2D eigenvalue weighted by Gasteiger charge is 2.21. The first-order valence-electron chi connectivity index (χ1n) is 7.42. The van der Waals surface area contributed by atoms with Crippen molar-refractivity contribution in [1.82, 2.24) is 4.90 Å². The van der Waals surface area contributed by atoms with Gasteiger partial charge >= 0.3 is 0 Å². The van der Waals surface area contributed by atoms with E-state index in [2.05, 4.69) is 36.1 Å². The Morgan fingerprint density at radius 1 is 1.26 bits per heavy atom. The summed E-state index contributed by atoms with van der Waals surface area (Å²) in [5, 5.41) is 0. The Hall–Kier alpha value is -0.900. The first-order chi connectivity index (χ1) is 9.29. The van der Waals surface area contributed by atoms with Gasteiger partial charge in [-0.2, -0.15) is 0 Å². The summed E-state index contributed by atoms with van der Waals surface area (Å²) < 4.78 is 6.18. The summed E-state index contributed by atoms with van der Waals surface area (Å²) in [6.45, 7) is 6.37. The maximum Gasteiger partial charge on any atom is 0.0800 e. The molecule has 0 aliphatic carbocycles. The van der Waals surface area contributed by atoms with E-state index in [9.17, 15) is 0 Å². The van der Waals surface area contributed by atoms with Crippen LogP contribution in [0.4, 0.5) is 0 Å². The summed E-state index contributed by atoms with van der Waals surface area (Å²) in [7, 11) is 0. The minimum atomic E-state index is 0.196. The lowest BCUT2D eigenvalue weighted by Gasteiger charge is -2.33. The number of nitrogens with two attached hydrogens (primary N) is 1. The lowest BCUT2D eigenvalue weighted by molar-refractivity contribution is -0.0360. The molecule has 1 aromatic rings. The van der Waals surface area contributed by atoms with Crippen molar-refractivity contribution in [2.75, 3.05) is 26.2 Å². The summed E-state index contributed by atoms with van der Waals surface area (Å²) in [4.78, 5) is 2.50. The van der Waals surface area contributed by atoms with Crippen LogP contribution in [0.1, 0.15) is 37.9 Å². The van der Waals surface area contributed by atoms with E-state index in [1.54, 1.807) is 0 Å². The number of rotatable bonds is 6. The molecular weight excluding hydrogens is 236 g/mol. The Kier molecular flexibility index (Phi) is 5.83. The van der Waals surface area contributed by atoms with Crippen molar-refractivity contribution in [3.05, 3.63) is 35.9 Å². The Balaban J connectivity index is 1.73. The van der Waals surface area contributed by atoms with Crippen LogP contribution in [-0.2, 0) is 4.74 Å². The van der Waals surface area contributed by atoms with Crippen LogP contribution in [0.25, 0.3) is 0 Å². The van der Waals surface area contributed by atoms with E-state index in [4.69, 9.17) is 10.5 Å². The summed E-state index contributed by atoms with van der Waals surface area (Å²) in [6.07, 6.45) is 3.99. The molecule has 2 N–H and O–H groups in total. The molecule has 0 spiro atoms. The zero-order valence-corrected chi connectivity index (χ0v) is 11.9. The third-order valence-corrected chi connectivity index (χ3v) is 3.88. The molecule has 1 fully saturated rings. The average Bonchev–Trinajstić information content (AvgIpc) is 2.47. The molecule has 1 aliphatic heterocycles. The standard InChI is InChI=1S/C16H26N2O/c1-14(15-6-3-2-4-7-15)19-16-8-12-18(13-9-16)11-5-10-17/h2-4,6-7,14,16H,5,8-13,17H2,1H3. The predicted octanol–water partition coefficient (Wildman–Crippen LogP) is 2.58. The van der Waals surface area contributed by atoms with Gasteiger partial charge in [0.05, 0.1) is 12.2 Å². The van der Waals surface area contributed by atoms with Crippen LogP contribution in [0.3, 0.4) is 0 Å². The molecular formula is C16H26N2O. The number of ether oxygens (including phenoxy) is 1. The van der Waals surface area contributed by atoms with Crippen LogP contribution in [0.2, 0.25) is 0 Å². The normalized spacial score (nSPS) is 19.5. The smallest absolute Gasteiger partial charge is 0.0800 e. The van der Waals surface area contributed by atoms with E-state index in [0.717, 1.165) is 45.4 Å². The zero-order valence-electron chi connectivity index (χ0n) is 11.9. The Labute approximate surface area is 116 Å². The van der Waals surface area contributed by atoms with E-state index in [-0.39, 0.29) is 6.10 Å². The third-order valence-electron chi connectivity index (χ3n) is 3.88. The molecule has 19 heavy (non-hydrogen) atoms. The molecule has 0 saturated carbocycles. The highest BCUT2D eigenvalue weighted by atomic mass is 16.5. The molecule has 2 rings (SSSR count). The van der Waals surface area contributed by atoms with Gasteiger partial charge in [0.1, 0.15) is 0 Å². The van der Waals surface area contributed by atoms with Gasteiger partial charge in [-0.25, -0.2) is 0 Å². The Bertz CT molecular complexity index is 347. The molecule has 3 nitrogen and oxygen atoms in total. The largest absolute Gasteiger partial charge is 0.370 e. The molecule has 0 aromatic heterocycles. The van der Waals surface area contributed by atoms with Crippen molar-refractivity contribution in [3.8, 4) is 0 Å². The zero-order chi connectivity index (χ0) is 13.5. The number of nitrogens with zero attached hydrogens (tertiary/aromatic N) is 1. The minimum Gasteiger partial charge on any atom is -0.370 e. The quantitative estimate of drug-likeness (QED) is 0.856. The lowest BCUT2D eigenvalue weighted by Crippen LogP contribution is -2.38. The van der Waals surface area contributed by atoms with Crippen molar-refractivity contribution in [2.45, 2.75) is 38.4 Å². The molecule has 1 atom stereocenters. The van der Waals surface area contributed by atoms with Gasteiger partial charge in [0, 0.05) is 13.1 Å². The number of likely N-dealkylation sites (tertiary alicyclic amines) is 1. The van der Waals surface area contributed by atoms with Crippen LogP contribution in [-0.4, -0.2) is 37.2 Å². The second-order valence-electron chi connectivity index (χ2n) is 5.37. The van der Waals surface area contributed by atoms with Crippen LogP contribution in [0.5, 0.6) is 0 Å². The van der Waals surface area contributed by atoms with Crippen LogP contribution in [0.15, 0.2) is 30.3 Å². The lowest BCUT2D eigenvalue weighted by atomic mass is 10.1. The monoisotopic (exact) mass is 262 g/mol. The van der Waals surface area contributed by atoms with E-state index in [1.165, 1.54) is 5.56 Å². The second kappa shape index (κ2) is 7.63. The number of hydrogen-bond acceptors (Lipinski definition) is 3. The average molecular weight is 262 g/mol. The van der Waals surface area contributed by atoms with Gasteiger partial charge in [-0.3, -0.25) is 0 Å². The van der Waals surface area contributed by atoms with Gasteiger partial charge in [0.15, 0.2) is 0 Å². The molecule has 1 unspecified atom stereocenters. The SMILES string of the molecule is CC(OC1CCN(CCCN)CC1)c1ccccc1. The van der Waals surface area contributed by atoms with Crippen molar-refractivity contribution in [3.63, 3.8) is 0 Å². The number of benzene rings is 1. The fourth-order valence-electron chi connectivity index (χ4n) is 2.68. The van der Waals surface area contributed by atoms with Crippen molar-refractivity contribution in [1.29, 1.82) is 0 Å². The Morgan fingerprint density at radius 2 is 1.95 bits per heavy atom. The van der Waals surface area contributed by atoms with E-state index in [0.29, 0.717) is 6.10 Å². The molecule has 1 aromatic carbocycles. The Morgan fingerprint density at radius 3 is 2.58 bits per heavy atom. The van der Waals surface area contributed by atoms with E-state index in [1.807, 2.05) is 6.07 Å². The van der Waals surface area contributed by atoms with Gasteiger partial charge < -0.3 is 15.4 Å². The maximum absolute atomic E-state index is 6.18. The van der Waals surface area contributed by atoms with Gasteiger partial charge in [-0.1, -0.05) is 30.3 Å². The molecule has 106 valence electrons. The summed E-state index contributed by atoms with van der Waals surface area (Å²) in [5.74, 6) is 0. The topological polar surface area (TPSA) is 38.5 Å². The number of hydrogen-bond donors (Lipinski definition) is 1. The molecule has 3 heteroatoms. The van der Waals surface area contributed by atoms with E-state index < -0.39 is 0 Å². The predicted molar refractivity (Wildman–Crippen MR) is 79.1 cm³/mol. The van der Waals surface area contributed by atoms with Crippen molar-refractivity contribution < 1.29 is 4.74 Å². The second-order valence-corrected chi connectivity index (χ2v) is 5.37. The summed E-state index contributed by atoms with van der Waals surface area (Å²) in [5.41, 5.74) is 6.82. The molecule has 0 radical (unpaired) electrons. The highest BCUT2D eigenvalue weighted by molar-refractivity contribution is 5.16. The fourth-order valence-corrected chi connectivity index (χ4v) is 2.68. The molecule has 1 saturated heterocycles. The molecule has 0 bridgehead atoms. The van der Waals surface area contributed by atoms with E-state index >= 15 is 0 Å². The summed E-state index contributed by atoms with van der Waals surface area (Å²) in [6, 6.07) is 10.5. The first kappa shape index (κ1) is 14.5. The van der Waals surface area contributed by atoms with Gasteiger partial charge in [-0.05, 0) is 44.8 Å². The first-order valence-corrected chi connectivity index (χ1v) is 7.42.